The lowest BCUT2D eigenvalue weighted by Crippen LogP contribution is -2.50. The highest BCUT2D eigenvalue weighted by Gasteiger charge is 2.27. The Labute approximate surface area is 175 Å². The molecule has 1 aliphatic heterocycles. The third kappa shape index (κ3) is 5.35. The van der Waals surface area contributed by atoms with E-state index >= 15 is 0 Å². The van der Waals surface area contributed by atoms with Crippen LogP contribution in [0.15, 0.2) is 36.4 Å². The number of aryl methyl sites for hydroxylation is 2. The fourth-order valence-electron chi connectivity index (χ4n) is 3.55. The highest BCUT2D eigenvalue weighted by atomic mass is 32.1. The molecule has 0 N–H and O–H groups in total. The maximum absolute atomic E-state index is 13.6. The van der Waals surface area contributed by atoms with E-state index < -0.39 is 5.92 Å². The van der Waals surface area contributed by atoms with Gasteiger partial charge in [0, 0.05) is 62.0 Å². The van der Waals surface area contributed by atoms with E-state index in [1.165, 1.54) is 18.2 Å². The van der Waals surface area contributed by atoms with Gasteiger partial charge in [-0.3, -0.25) is 9.78 Å². The van der Waals surface area contributed by atoms with Crippen molar-refractivity contribution in [3.05, 3.63) is 64.5 Å². The van der Waals surface area contributed by atoms with Crippen molar-refractivity contribution in [1.29, 1.82) is 0 Å². The van der Waals surface area contributed by atoms with Gasteiger partial charge in [0.15, 0.2) is 0 Å². The second-order valence-corrected chi connectivity index (χ2v) is 8.07. The Bertz CT molecular complexity index is 898. The molecule has 154 valence electrons. The standard InChI is InChI=1S/C22H25F2N3OS/c1-15-11-16(2)25-19(12-15)14-20(29)26-7-9-27(10-8-26)21(28)17-5-4-6-18(13-17)22(3,23)24/h4-6,11-13H,7-10,14H2,1-3H3. The molecule has 1 saturated heterocycles. The minimum atomic E-state index is -2.97. The molecule has 4 nitrogen and oxygen atoms in total. The molecule has 0 aliphatic carbocycles. The Morgan fingerprint density at radius 1 is 1.10 bits per heavy atom. The zero-order valence-corrected chi connectivity index (χ0v) is 17.7. The Hall–Kier alpha value is -2.41. The minimum Gasteiger partial charge on any atom is -0.362 e. The number of piperazine rings is 1. The first-order valence-electron chi connectivity index (χ1n) is 9.63. The number of amides is 1. The van der Waals surface area contributed by atoms with Crippen molar-refractivity contribution in [2.45, 2.75) is 33.1 Å². The number of pyridine rings is 1. The molecule has 0 bridgehead atoms. The van der Waals surface area contributed by atoms with Gasteiger partial charge < -0.3 is 9.80 Å². The number of halogens is 2. The zero-order chi connectivity index (χ0) is 21.2. The summed E-state index contributed by atoms with van der Waals surface area (Å²) >= 11 is 5.60. The first-order chi connectivity index (χ1) is 13.6. The van der Waals surface area contributed by atoms with Crippen LogP contribution in [0.1, 0.15) is 39.8 Å². The van der Waals surface area contributed by atoms with Crippen molar-refractivity contribution < 1.29 is 13.6 Å². The summed E-state index contributed by atoms with van der Waals surface area (Å²) < 4.78 is 27.1. The molecule has 1 aliphatic rings. The molecule has 2 aromatic rings. The van der Waals surface area contributed by atoms with Crippen molar-refractivity contribution >= 4 is 23.1 Å². The van der Waals surface area contributed by atoms with Gasteiger partial charge in [0.1, 0.15) is 0 Å². The number of rotatable bonds is 4. The van der Waals surface area contributed by atoms with Crippen molar-refractivity contribution in [3.63, 3.8) is 0 Å². The largest absolute Gasteiger partial charge is 0.362 e. The van der Waals surface area contributed by atoms with E-state index in [9.17, 15) is 13.6 Å². The Morgan fingerprint density at radius 2 is 1.76 bits per heavy atom. The molecule has 1 aromatic heterocycles. The predicted octanol–water partition coefficient (Wildman–Crippen LogP) is 4.14. The van der Waals surface area contributed by atoms with Crippen molar-refractivity contribution in [1.82, 2.24) is 14.8 Å². The van der Waals surface area contributed by atoms with Crippen LogP contribution in [0.5, 0.6) is 0 Å². The molecule has 29 heavy (non-hydrogen) atoms. The summed E-state index contributed by atoms with van der Waals surface area (Å²) in [7, 11) is 0. The molecule has 0 spiro atoms. The molecule has 1 aromatic carbocycles. The van der Waals surface area contributed by atoms with Crippen LogP contribution in [0, 0.1) is 13.8 Å². The minimum absolute atomic E-state index is 0.149. The van der Waals surface area contributed by atoms with Gasteiger partial charge in [-0.1, -0.05) is 24.4 Å². The summed E-state index contributed by atoms with van der Waals surface area (Å²) in [6, 6.07) is 9.78. The molecule has 3 rings (SSSR count). The first-order valence-corrected chi connectivity index (χ1v) is 10.0. The summed E-state index contributed by atoms with van der Waals surface area (Å²) in [5.41, 5.74) is 3.22. The molecule has 7 heteroatoms. The van der Waals surface area contributed by atoms with Crippen molar-refractivity contribution in [2.24, 2.45) is 0 Å². The van der Waals surface area contributed by atoms with Crippen LogP contribution in [-0.2, 0) is 12.3 Å². The number of nitrogens with zero attached hydrogens (tertiary/aromatic N) is 3. The van der Waals surface area contributed by atoms with Crippen LogP contribution in [0.4, 0.5) is 8.78 Å². The SMILES string of the molecule is Cc1cc(C)nc(CC(=S)N2CCN(C(=O)c3cccc(C(C)(F)F)c3)CC2)c1. The normalized spacial score (nSPS) is 14.8. The summed E-state index contributed by atoms with van der Waals surface area (Å²) in [6.07, 6.45) is 0.597. The maximum atomic E-state index is 13.6. The molecule has 0 radical (unpaired) electrons. The average Bonchev–Trinajstić information content (AvgIpc) is 2.66. The van der Waals surface area contributed by atoms with Gasteiger partial charge in [-0.05, 0) is 43.7 Å². The molecule has 0 unspecified atom stereocenters. The van der Waals surface area contributed by atoms with Crippen molar-refractivity contribution in [3.8, 4) is 0 Å². The van der Waals surface area contributed by atoms with Crippen LogP contribution < -0.4 is 0 Å². The van der Waals surface area contributed by atoms with E-state index in [1.807, 2.05) is 26.0 Å². The number of hydrogen-bond donors (Lipinski definition) is 0. The highest BCUT2D eigenvalue weighted by molar-refractivity contribution is 7.80. The average molecular weight is 418 g/mol. The van der Waals surface area contributed by atoms with E-state index in [4.69, 9.17) is 12.2 Å². The molecular formula is C22H25F2N3OS. The first kappa shape index (κ1) is 21.3. The van der Waals surface area contributed by atoms with Gasteiger partial charge in [0.2, 0.25) is 0 Å². The van der Waals surface area contributed by atoms with Crippen molar-refractivity contribution in [2.75, 3.05) is 26.2 Å². The van der Waals surface area contributed by atoms with E-state index in [0.717, 1.165) is 28.9 Å². The van der Waals surface area contributed by atoms with Crippen LogP contribution in [0.25, 0.3) is 0 Å². The van der Waals surface area contributed by atoms with Gasteiger partial charge in [-0.15, -0.1) is 0 Å². The van der Waals surface area contributed by atoms with Gasteiger partial charge in [0.25, 0.3) is 11.8 Å². The summed E-state index contributed by atoms with van der Waals surface area (Å²) in [5.74, 6) is -3.19. The number of hydrogen-bond acceptors (Lipinski definition) is 3. The van der Waals surface area contributed by atoms with E-state index in [1.54, 1.807) is 11.0 Å². The van der Waals surface area contributed by atoms with Gasteiger partial charge in [-0.2, -0.15) is 0 Å². The van der Waals surface area contributed by atoms with Crippen LogP contribution in [-0.4, -0.2) is 51.9 Å². The lowest BCUT2D eigenvalue weighted by Gasteiger charge is -2.36. The summed E-state index contributed by atoms with van der Waals surface area (Å²) in [6.45, 7) is 7.10. The quantitative estimate of drug-likeness (QED) is 0.701. The lowest BCUT2D eigenvalue weighted by molar-refractivity contribution is 0.0174. The molecule has 0 saturated carbocycles. The molecule has 0 atom stereocenters. The fourth-order valence-corrected chi connectivity index (χ4v) is 3.88. The second kappa shape index (κ2) is 8.53. The molecular weight excluding hydrogens is 392 g/mol. The zero-order valence-electron chi connectivity index (χ0n) is 16.9. The summed E-state index contributed by atoms with van der Waals surface area (Å²) in [4.78, 5) is 21.9. The molecule has 1 fully saturated rings. The third-order valence-electron chi connectivity index (χ3n) is 5.02. The smallest absolute Gasteiger partial charge is 0.270 e. The fraction of sp³-hybridized carbons (Fsp3) is 0.409. The van der Waals surface area contributed by atoms with Crippen LogP contribution in [0.2, 0.25) is 0 Å². The predicted molar refractivity (Wildman–Crippen MR) is 113 cm³/mol. The number of aromatic nitrogens is 1. The number of carbonyl (C=O) groups excluding carboxylic acids is 1. The molecule has 2 heterocycles. The van der Waals surface area contributed by atoms with E-state index in [-0.39, 0.29) is 11.5 Å². The van der Waals surface area contributed by atoms with Gasteiger partial charge >= 0.3 is 0 Å². The van der Waals surface area contributed by atoms with Crippen LogP contribution in [0.3, 0.4) is 0 Å². The maximum Gasteiger partial charge on any atom is 0.270 e. The third-order valence-corrected chi connectivity index (χ3v) is 5.42. The van der Waals surface area contributed by atoms with E-state index in [0.29, 0.717) is 38.2 Å². The van der Waals surface area contributed by atoms with Crippen LogP contribution >= 0.6 is 12.2 Å². The Morgan fingerprint density at radius 3 is 2.38 bits per heavy atom. The number of benzene rings is 1. The number of alkyl halides is 2. The number of carbonyl (C=O) groups is 1. The van der Waals surface area contributed by atoms with E-state index in [2.05, 4.69) is 9.88 Å². The lowest BCUT2D eigenvalue weighted by atomic mass is 10.1. The monoisotopic (exact) mass is 417 g/mol. The summed E-state index contributed by atoms with van der Waals surface area (Å²) in [5, 5.41) is 0. The van der Waals surface area contributed by atoms with Gasteiger partial charge in [-0.25, -0.2) is 8.78 Å². The highest BCUT2D eigenvalue weighted by Crippen LogP contribution is 2.27. The Kier molecular flexibility index (Phi) is 6.27. The Balaban J connectivity index is 1.60. The second-order valence-electron chi connectivity index (χ2n) is 7.60. The topological polar surface area (TPSA) is 36.4 Å². The number of thiocarbonyl (C=S) groups is 1. The van der Waals surface area contributed by atoms with Gasteiger partial charge in [0.05, 0.1) is 4.99 Å². The molecule has 1 amide bonds.